The number of aromatic nitrogens is 2. The van der Waals surface area contributed by atoms with Gasteiger partial charge in [-0.15, -0.1) is 0 Å². The quantitative estimate of drug-likeness (QED) is 0.593. The van der Waals surface area contributed by atoms with Gasteiger partial charge < -0.3 is 14.3 Å². The predicted molar refractivity (Wildman–Crippen MR) is 28.3 cm³/mol. The van der Waals surface area contributed by atoms with E-state index in [4.69, 9.17) is 0 Å². The summed E-state index contributed by atoms with van der Waals surface area (Å²) in [5.41, 5.74) is -0.0833. The molecule has 3 nitrogen and oxygen atoms in total. The second-order valence-corrected chi connectivity index (χ2v) is 1.44. The van der Waals surface area contributed by atoms with Crippen molar-refractivity contribution in [3.63, 3.8) is 0 Å². The molecule has 0 unspecified atom stereocenters. The molecule has 1 heterocycles. The summed E-state index contributed by atoms with van der Waals surface area (Å²) in [6.45, 7) is 0. The zero-order chi connectivity index (χ0) is 5.98. The fraction of sp³-hybridized carbons (Fsp3) is 0.200. The topological polar surface area (TPSA) is 34.9 Å². The van der Waals surface area contributed by atoms with Crippen LogP contribution in [0.5, 0.6) is 0 Å². The van der Waals surface area contributed by atoms with E-state index in [0.717, 1.165) is 0 Å². The van der Waals surface area contributed by atoms with Gasteiger partial charge in [-0.05, 0) is 7.05 Å². The van der Waals surface area contributed by atoms with E-state index in [9.17, 15) is 4.79 Å². The van der Waals surface area contributed by atoms with Gasteiger partial charge in [-0.2, -0.15) is 0 Å². The first-order valence-corrected chi connectivity index (χ1v) is 2.20. The minimum Gasteiger partial charge on any atom is -0.410 e. The molecular weight excluding hydrogens is 254 g/mol. The van der Waals surface area contributed by atoms with Crippen LogP contribution in [-0.2, 0) is 7.05 Å². The molecule has 0 radical (unpaired) electrons. The number of nitrogens with zero attached hydrogens (tertiary/aromatic N) is 2. The van der Waals surface area contributed by atoms with Gasteiger partial charge in [-0.3, -0.25) is 0 Å². The first kappa shape index (κ1) is 9.22. The van der Waals surface area contributed by atoms with Gasteiger partial charge in [-0.25, -0.2) is 0 Å². The van der Waals surface area contributed by atoms with Crippen molar-refractivity contribution >= 4 is 0 Å². The third-order valence-electron chi connectivity index (χ3n) is 0.830. The maximum atomic E-state index is 10.5. The van der Waals surface area contributed by atoms with Crippen LogP contribution in [0.25, 0.3) is 0 Å². The van der Waals surface area contributed by atoms with Gasteiger partial charge in [0.2, 0.25) is 0 Å². The first-order chi connectivity index (χ1) is 3.80. The molecule has 1 rings (SSSR count). The Bertz CT molecular complexity index is 232. The standard InChI is InChI=1S/C5H5N2O.Sm/c1-7-4-6-3-2-5(7)8;/h2-3H,1H3;/q-1;. The summed E-state index contributed by atoms with van der Waals surface area (Å²) in [7, 11) is 1.61. The maximum absolute atomic E-state index is 10.5. The molecule has 0 aliphatic heterocycles. The van der Waals surface area contributed by atoms with Crippen molar-refractivity contribution in [2.24, 2.45) is 7.05 Å². The fourth-order valence-corrected chi connectivity index (χ4v) is 0.382. The van der Waals surface area contributed by atoms with Crippen molar-refractivity contribution in [2.75, 3.05) is 0 Å². The van der Waals surface area contributed by atoms with Gasteiger partial charge in [0.05, 0.1) is 0 Å². The third-order valence-corrected chi connectivity index (χ3v) is 0.830. The molecule has 1 aromatic heterocycles. The molecule has 0 atom stereocenters. The Morgan fingerprint density at radius 3 is 2.78 bits per heavy atom. The Kier molecular flexibility index (Phi) is 4.20. The Hall–Kier alpha value is 0.218. The summed E-state index contributed by atoms with van der Waals surface area (Å²) in [6.07, 6.45) is 3.87. The zero-order valence-electron chi connectivity index (χ0n) is 4.87. The van der Waals surface area contributed by atoms with E-state index in [0.29, 0.717) is 0 Å². The molecule has 4 heteroatoms. The van der Waals surface area contributed by atoms with E-state index in [2.05, 4.69) is 11.3 Å². The first-order valence-electron chi connectivity index (χ1n) is 2.20. The maximum Gasteiger partial charge on any atom is 0.138 e. The molecule has 0 aliphatic carbocycles. The molecule has 1 aromatic rings. The van der Waals surface area contributed by atoms with Crippen LogP contribution < -0.4 is 5.56 Å². The molecule has 0 aliphatic rings. The minimum absolute atomic E-state index is 0. The number of rotatable bonds is 0. The van der Waals surface area contributed by atoms with Crippen LogP contribution in [0.3, 0.4) is 0 Å². The summed E-state index contributed by atoms with van der Waals surface area (Å²) in [5, 5.41) is 0. The molecule has 0 bridgehead atoms. The SMILES string of the molecule is Cn1[c-]nccc1=O.[Sm]. The van der Waals surface area contributed by atoms with E-state index < -0.39 is 0 Å². The molecule has 0 fully saturated rings. The van der Waals surface area contributed by atoms with E-state index in [-0.39, 0.29) is 45.9 Å². The molecule has 0 spiro atoms. The summed E-state index contributed by atoms with van der Waals surface area (Å²) < 4.78 is 1.29. The van der Waals surface area contributed by atoms with E-state index in [1.54, 1.807) is 7.05 Å². The molecule has 0 aromatic carbocycles. The summed E-state index contributed by atoms with van der Waals surface area (Å²) in [6, 6.07) is 1.39. The predicted octanol–water partition coefficient (Wildman–Crippen LogP) is -0.420. The van der Waals surface area contributed by atoms with Crippen molar-refractivity contribution in [2.45, 2.75) is 0 Å². The molecular formula is C5H5N2OSm-. The van der Waals surface area contributed by atoms with Crippen LogP contribution in [0.15, 0.2) is 17.1 Å². The number of hydrogen-bond donors (Lipinski definition) is 0. The fourth-order valence-electron chi connectivity index (χ4n) is 0.382. The van der Waals surface area contributed by atoms with Crippen LogP contribution in [0.1, 0.15) is 0 Å². The normalized spacial score (nSPS) is 8.11. The average molecular weight is 259 g/mol. The molecule has 0 saturated heterocycles. The average Bonchev–Trinajstić information content (AvgIpc) is 1.77. The number of hydrogen-bond acceptors (Lipinski definition) is 2. The molecule has 0 saturated carbocycles. The van der Waals surface area contributed by atoms with Crippen LogP contribution >= 0.6 is 0 Å². The van der Waals surface area contributed by atoms with Crippen LogP contribution in [-0.4, -0.2) is 9.55 Å². The zero-order valence-corrected chi connectivity index (χ0v) is 7.49. The van der Waals surface area contributed by atoms with Crippen LogP contribution in [0.4, 0.5) is 0 Å². The van der Waals surface area contributed by atoms with Crippen molar-refractivity contribution < 1.29 is 40.4 Å². The van der Waals surface area contributed by atoms with Gasteiger partial charge in [0.25, 0.3) is 0 Å². The van der Waals surface area contributed by atoms with E-state index in [1.165, 1.54) is 16.8 Å². The second-order valence-electron chi connectivity index (χ2n) is 1.44. The Labute approximate surface area is 85.2 Å². The second kappa shape index (κ2) is 4.10. The Balaban J connectivity index is 0.000000640. The van der Waals surface area contributed by atoms with Crippen molar-refractivity contribution in [1.82, 2.24) is 9.55 Å². The largest absolute Gasteiger partial charge is 0.410 e. The summed E-state index contributed by atoms with van der Waals surface area (Å²) in [4.78, 5) is 14.1. The Morgan fingerprint density at radius 2 is 2.44 bits per heavy atom. The molecule has 0 N–H and O–H groups in total. The van der Waals surface area contributed by atoms with E-state index >= 15 is 0 Å². The van der Waals surface area contributed by atoms with Gasteiger partial charge in [0.1, 0.15) is 5.56 Å². The molecule has 48 valence electrons. The van der Waals surface area contributed by atoms with E-state index in [1.807, 2.05) is 0 Å². The molecule has 0 amide bonds. The minimum atomic E-state index is -0.0833. The van der Waals surface area contributed by atoms with Gasteiger partial charge in [-0.1, -0.05) is 12.3 Å². The monoisotopic (exact) mass is 261 g/mol. The van der Waals surface area contributed by atoms with Gasteiger partial charge in [0, 0.05) is 46.7 Å². The number of aryl methyl sites for hydroxylation is 1. The molecule has 9 heavy (non-hydrogen) atoms. The van der Waals surface area contributed by atoms with Crippen LogP contribution in [0, 0.1) is 46.7 Å². The smallest absolute Gasteiger partial charge is 0.138 e. The summed E-state index contributed by atoms with van der Waals surface area (Å²) >= 11 is 0. The van der Waals surface area contributed by atoms with Crippen LogP contribution in [0.2, 0.25) is 0 Å². The van der Waals surface area contributed by atoms with Crippen molar-refractivity contribution in [3.05, 3.63) is 28.9 Å². The summed E-state index contributed by atoms with van der Waals surface area (Å²) in [5.74, 6) is 0. The third kappa shape index (κ3) is 2.52. The van der Waals surface area contributed by atoms with Crippen molar-refractivity contribution in [3.8, 4) is 0 Å². The van der Waals surface area contributed by atoms with Gasteiger partial charge >= 0.3 is 0 Å². The van der Waals surface area contributed by atoms with Gasteiger partial charge in [0.15, 0.2) is 0 Å². The van der Waals surface area contributed by atoms with Crippen molar-refractivity contribution in [1.29, 1.82) is 0 Å². The Morgan fingerprint density at radius 1 is 1.78 bits per heavy atom.